The molecule has 1 N–H and O–H groups in total. The summed E-state index contributed by atoms with van der Waals surface area (Å²) in [6.07, 6.45) is 2.10. The number of hydrogen-bond donors (Lipinski definition) is 1. The van der Waals surface area contributed by atoms with Crippen molar-refractivity contribution in [2.75, 3.05) is 26.8 Å². The summed E-state index contributed by atoms with van der Waals surface area (Å²) >= 11 is 0. The Morgan fingerprint density at radius 3 is 2.84 bits per heavy atom. The fraction of sp³-hybridized carbons (Fsp3) is 0.500. The molecule has 1 heterocycles. The number of benzene rings is 1. The summed E-state index contributed by atoms with van der Waals surface area (Å²) in [5.41, 5.74) is 0.136. The van der Waals surface area contributed by atoms with Crippen LogP contribution in [0.2, 0.25) is 0 Å². The lowest BCUT2D eigenvalue weighted by Crippen LogP contribution is -2.30. The molecule has 1 aliphatic heterocycles. The number of rotatable bonds is 4. The Morgan fingerprint density at radius 1 is 1.42 bits per heavy atom. The van der Waals surface area contributed by atoms with Gasteiger partial charge in [-0.05, 0) is 50.0 Å². The second-order valence-electron chi connectivity index (χ2n) is 4.64. The van der Waals surface area contributed by atoms with Crippen molar-refractivity contribution < 1.29 is 18.7 Å². The molecule has 1 aliphatic rings. The third-order valence-corrected chi connectivity index (χ3v) is 3.28. The van der Waals surface area contributed by atoms with Gasteiger partial charge < -0.3 is 14.8 Å². The van der Waals surface area contributed by atoms with E-state index < -0.39 is 11.8 Å². The molecule has 5 heteroatoms. The Balaban J connectivity index is 2.04. The van der Waals surface area contributed by atoms with Crippen molar-refractivity contribution in [2.24, 2.45) is 5.92 Å². The number of halogens is 1. The maximum Gasteiger partial charge on any atom is 0.341 e. The number of carbonyl (C=O) groups excluding carboxylic acids is 1. The summed E-state index contributed by atoms with van der Waals surface area (Å²) < 4.78 is 23.5. The zero-order chi connectivity index (χ0) is 13.7. The van der Waals surface area contributed by atoms with Crippen LogP contribution in [0.1, 0.15) is 23.2 Å². The van der Waals surface area contributed by atoms with Gasteiger partial charge in [-0.2, -0.15) is 0 Å². The van der Waals surface area contributed by atoms with E-state index in [9.17, 15) is 9.18 Å². The van der Waals surface area contributed by atoms with Gasteiger partial charge >= 0.3 is 5.97 Å². The van der Waals surface area contributed by atoms with E-state index in [4.69, 9.17) is 4.74 Å². The van der Waals surface area contributed by atoms with Crippen LogP contribution in [0.3, 0.4) is 0 Å². The highest BCUT2D eigenvalue weighted by atomic mass is 19.1. The molecule has 0 atom stereocenters. The quantitative estimate of drug-likeness (QED) is 0.848. The van der Waals surface area contributed by atoms with E-state index in [1.165, 1.54) is 19.2 Å². The third kappa shape index (κ3) is 3.67. The molecular formula is C14H18FNO3. The fourth-order valence-corrected chi connectivity index (χ4v) is 2.15. The van der Waals surface area contributed by atoms with E-state index in [-0.39, 0.29) is 5.56 Å². The average molecular weight is 267 g/mol. The molecule has 1 aromatic carbocycles. The van der Waals surface area contributed by atoms with Crippen molar-refractivity contribution in [3.8, 4) is 5.75 Å². The zero-order valence-electron chi connectivity index (χ0n) is 10.9. The van der Waals surface area contributed by atoms with Gasteiger partial charge in [-0.25, -0.2) is 9.18 Å². The van der Waals surface area contributed by atoms with Crippen molar-refractivity contribution in [3.05, 3.63) is 29.6 Å². The predicted octanol–water partition coefficient (Wildman–Crippen LogP) is 1.99. The van der Waals surface area contributed by atoms with Crippen LogP contribution in [0, 0.1) is 11.7 Å². The highest BCUT2D eigenvalue weighted by Crippen LogP contribution is 2.22. The lowest BCUT2D eigenvalue weighted by Gasteiger charge is -2.23. The smallest absolute Gasteiger partial charge is 0.341 e. The van der Waals surface area contributed by atoms with Crippen LogP contribution in [0.15, 0.2) is 18.2 Å². The molecule has 4 nitrogen and oxygen atoms in total. The van der Waals surface area contributed by atoms with Gasteiger partial charge in [-0.1, -0.05) is 0 Å². The Hall–Kier alpha value is -1.62. The maximum absolute atomic E-state index is 13.2. The van der Waals surface area contributed by atoms with Crippen LogP contribution in [0.25, 0.3) is 0 Å². The topological polar surface area (TPSA) is 47.6 Å². The molecule has 104 valence electrons. The summed E-state index contributed by atoms with van der Waals surface area (Å²) in [5, 5.41) is 3.28. The van der Waals surface area contributed by atoms with Gasteiger partial charge in [0, 0.05) is 0 Å². The molecule has 0 aromatic heterocycles. The van der Waals surface area contributed by atoms with Gasteiger partial charge in [-0.15, -0.1) is 0 Å². The molecule has 0 radical (unpaired) electrons. The van der Waals surface area contributed by atoms with Crippen molar-refractivity contribution in [1.82, 2.24) is 5.32 Å². The van der Waals surface area contributed by atoms with Gasteiger partial charge in [0.25, 0.3) is 0 Å². The molecule has 0 unspecified atom stereocenters. The molecule has 2 rings (SSSR count). The molecule has 0 saturated carbocycles. The van der Waals surface area contributed by atoms with Crippen molar-refractivity contribution >= 4 is 5.97 Å². The fourth-order valence-electron chi connectivity index (χ4n) is 2.15. The van der Waals surface area contributed by atoms with E-state index in [0.717, 1.165) is 32.0 Å². The molecule has 0 aliphatic carbocycles. The van der Waals surface area contributed by atoms with Crippen molar-refractivity contribution in [2.45, 2.75) is 12.8 Å². The number of hydrogen-bond acceptors (Lipinski definition) is 4. The molecule has 0 bridgehead atoms. The lowest BCUT2D eigenvalue weighted by atomic mass is 9.99. The molecular weight excluding hydrogens is 249 g/mol. The highest BCUT2D eigenvalue weighted by Gasteiger charge is 2.17. The van der Waals surface area contributed by atoms with Gasteiger partial charge in [0.05, 0.1) is 13.7 Å². The Morgan fingerprint density at radius 2 is 2.16 bits per heavy atom. The molecule has 1 aromatic rings. The Bertz CT molecular complexity index is 444. The van der Waals surface area contributed by atoms with Crippen LogP contribution >= 0.6 is 0 Å². The normalized spacial score (nSPS) is 16.1. The number of carbonyl (C=O) groups is 1. The minimum Gasteiger partial charge on any atom is -0.492 e. The first-order valence-electron chi connectivity index (χ1n) is 6.42. The number of nitrogens with one attached hydrogen (secondary N) is 1. The molecule has 1 fully saturated rings. The molecule has 0 spiro atoms. The minimum absolute atomic E-state index is 0.136. The standard InChI is InChI=1S/C14H18FNO3/c1-18-14(17)12-8-11(15)2-3-13(12)19-9-10-4-6-16-7-5-10/h2-3,8,10,16H,4-7,9H2,1H3. The number of ether oxygens (including phenoxy) is 2. The Labute approximate surface area is 111 Å². The third-order valence-electron chi connectivity index (χ3n) is 3.28. The summed E-state index contributed by atoms with van der Waals surface area (Å²) in [6, 6.07) is 3.90. The number of esters is 1. The van der Waals surface area contributed by atoms with E-state index in [1.54, 1.807) is 0 Å². The van der Waals surface area contributed by atoms with Crippen molar-refractivity contribution in [3.63, 3.8) is 0 Å². The largest absolute Gasteiger partial charge is 0.492 e. The predicted molar refractivity (Wildman–Crippen MR) is 68.8 cm³/mol. The first-order valence-corrected chi connectivity index (χ1v) is 6.42. The average Bonchev–Trinajstić information content (AvgIpc) is 2.46. The van der Waals surface area contributed by atoms with Gasteiger partial charge in [-0.3, -0.25) is 0 Å². The summed E-state index contributed by atoms with van der Waals surface area (Å²) in [5.74, 6) is -0.210. The van der Waals surface area contributed by atoms with E-state index in [2.05, 4.69) is 10.1 Å². The second kappa shape index (κ2) is 6.52. The van der Waals surface area contributed by atoms with Gasteiger partial charge in [0.2, 0.25) is 0 Å². The SMILES string of the molecule is COC(=O)c1cc(F)ccc1OCC1CCNCC1. The van der Waals surface area contributed by atoms with Crippen LogP contribution < -0.4 is 10.1 Å². The molecule has 0 amide bonds. The van der Waals surface area contributed by atoms with E-state index >= 15 is 0 Å². The second-order valence-corrected chi connectivity index (χ2v) is 4.64. The number of methoxy groups -OCH3 is 1. The number of piperidine rings is 1. The monoisotopic (exact) mass is 267 g/mol. The molecule has 19 heavy (non-hydrogen) atoms. The van der Waals surface area contributed by atoms with E-state index in [0.29, 0.717) is 18.3 Å². The highest BCUT2D eigenvalue weighted by molar-refractivity contribution is 5.92. The van der Waals surface area contributed by atoms with E-state index in [1.807, 2.05) is 0 Å². The summed E-state index contributed by atoms with van der Waals surface area (Å²) in [6.45, 7) is 2.51. The zero-order valence-corrected chi connectivity index (χ0v) is 10.9. The first kappa shape index (κ1) is 13.8. The van der Waals surface area contributed by atoms with Crippen LogP contribution in [-0.4, -0.2) is 32.8 Å². The van der Waals surface area contributed by atoms with Crippen LogP contribution in [0.5, 0.6) is 5.75 Å². The van der Waals surface area contributed by atoms with Gasteiger partial charge in [0.1, 0.15) is 17.1 Å². The Kier molecular flexibility index (Phi) is 4.74. The first-order chi connectivity index (χ1) is 9.20. The van der Waals surface area contributed by atoms with Crippen LogP contribution in [0.4, 0.5) is 4.39 Å². The summed E-state index contributed by atoms with van der Waals surface area (Å²) in [7, 11) is 1.27. The lowest BCUT2D eigenvalue weighted by molar-refractivity contribution is 0.0594. The summed E-state index contributed by atoms with van der Waals surface area (Å²) in [4.78, 5) is 11.6. The van der Waals surface area contributed by atoms with Crippen LogP contribution in [-0.2, 0) is 4.74 Å². The molecule has 1 saturated heterocycles. The van der Waals surface area contributed by atoms with Crippen molar-refractivity contribution in [1.29, 1.82) is 0 Å². The maximum atomic E-state index is 13.2. The van der Waals surface area contributed by atoms with Gasteiger partial charge in [0.15, 0.2) is 0 Å². The minimum atomic E-state index is -0.584.